The van der Waals surface area contributed by atoms with Gasteiger partial charge in [-0.15, -0.1) is 9.24 Å². The van der Waals surface area contributed by atoms with Crippen LogP contribution < -0.4 is 0 Å². The van der Waals surface area contributed by atoms with E-state index in [-0.39, 0.29) is 0 Å². The van der Waals surface area contributed by atoms with Crippen molar-refractivity contribution in [1.29, 1.82) is 0 Å². The van der Waals surface area contributed by atoms with E-state index in [9.17, 15) is 0 Å². The molecule has 0 saturated carbocycles. The summed E-state index contributed by atoms with van der Waals surface area (Å²) < 4.78 is 0. The van der Waals surface area contributed by atoms with Crippen LogP contribution in [0, 0.1) is 0 Å². The second-order valence-electron chi connectivity index (χ2n) is 6.87. The topological polar surface area (TPSA) is 0 Å². The van der Waals surface area contributed by atoms with Gasteiger partial charge in [0.1, 0.15) is 0 Å². The van der Waals surface area contributed by atoms with Gasteiger partial charge in [-0.25, -0.2) is 0 Å². The Morgan fingerprint density at radius 2 is 0.931 bits per heavy atom. The van der Waals surface area contributed by atoms with Crippen molar-refractivity contribution in [3.05, 3.63) is 129 Å². The Labute approximate surface area is 188 Å². The molecule has 4 aromatic rings. The molecular weight excluding hydrogens is 438 g/mol. The highest BCUT2D eigenvalue weighted by molar-refractivity contribution is 7.19. The summed E-state index contributed by atoms with van der Waals surface area (Å²) in [5.41, 5.74) is 5.66. The first kappa shape index (κ1) is 20.5. The summed E-state index contributed by atoms with van der Waals surface area (Å²) in [4.78, 5) is 0. The molecule has 0 bridgehead atoms. The molecule has 4 rings (SSSR count). The Kier molecular flexibility index (Phi) is 6.00. The average molecular weight is 456 g/mol. The normalized spacial score (nSPS) is 11.4. The predicted octanol–water partition coefficient (Wildman–Crippen LogP) is 8.48. The smallest absolute Gasteiger partial charge is 0.0597 e. The van der Waals surface area contributed by atoms with Crippen molar-refractivity contribution in [2.24, 2.45) is 0 Å². The summed E-state index contributed by atoms with van der Waals surface area (Å²) in [5.74, 6) is 0. The monoisotopic (exact) mass is 454 g/mol. The van der Waals surface area contributed by atoms with Gasteiger partial charge < -0.3 is 0 Å². The SMILES string of the molecule is PC(c1ccc(Cl)cc1)(c1ccc(Cl)cc1)c1ccccc1-c1ccc(Cl)cc1. The zero-order chi connectivity index (χ0) is 20.4. The first-order chi connectivity index (χ1) is 14.0. The lowest BCUT2D eigenvalue weighted by Crippen LogP contribution is -2.22. The van der Waals surface area contributed by atoms with Crippen LogP contribution in [0.2, 0.25) is 15.1 Å². The Morgan fingerprint density at radius 3 is 1.41 bits per heavy atom. The van der Waals surface area contributed by atoms with Crippen LogP contribution >= 0.6 is 44.0 Å². The first-order valence-corrected chi connectivity index (χ1v) is 10.9. The summed E-state index contributed by atoms with van der Waals surface area (Å²) in [5, 5.41) is 1.66. The van der Waals surface area contributed by atoms with Crippen LogP contribution in [0.5, 0.6) is 0 Å². The van der Waals surface area contributed by atoms with E-state index >= 15 is 0 Å². The minimum atomic E-state index is -0.481. The standard InChI is InChI=1S/C25H18Cl3P/c26-20-11-5-17(6-12-20)23-3-1-2-4-24(23)25(29,18-7-13-21(27)14-8-18)19-9-15-22(28)16-10-19/h1-16H,29H2. The number of hydrogen-bond donors (Lipinski definition) is 0. The highest BCUT2D eigenvalue weighted by Crippen LogP contribution is 2.48. The van der Waals surface area contributed by atoms with Crippen LogP contribution in [-0.4, -0.2) is 0 Å². The maximum atomic E-state index is 6.18. The fourth-order valence-corrected chi connectivity index (χ4v) is 4.63. The molecule has 0 aliphatic carbocycles. The second kappa shape index (κ2) is 8.50. The molecule has 0 nitrogen and oxygen atoms in total. The summed E-state index contributed by atoms with van der Waals surface area (Å²) in [6.45, 7) is 0. The summed E-state index contributed by atoms with van der Waals surface area (Å²) in [6.07, 6.45) is 0. The fraction of sp³-hybridized carbons (Fsp3) is 0.0400. The van der Waals surface area contributed by atoms with Crippen molar-refractivity contribution in [3.63, 3.8) is 0 Å². The van der Waals surface area contributed by atoms with Gasteiger partial charge in [0.05, 0.1) is 5.16 Å². The van der Waals surface area contributed by atoms with E-state index in [1.165, 1.54) is 0 Å². The zero-order valence-corrected chi connectivity index (χ0v) is 18.9. The van der Waals surface area contributed by atoms with Crippen LogP contribution in [0.3, 0.4) is 0 Å². The van der Waals surface area contributed by atoms with E-state index in [1.54, 1.807) is 0 Å². The van der Waals surface area contributed by atoms with Gasteiger partial charge in [0.15, 0.2) is 0 Å². The molecule has 144 valence electrons. The highest BCUT2D eigenvalue weighted by Gasteiger charge is 2.33. The highest BCUT2D eigenvalue weighted by atomic mass is 35.5. The van der Waals surface area contributed by atoms with Crippen LogP contribution in [0.4, 0.5) is 0 Å². The van der Waals surface area contributed by atoms with Crippen LogP contribution in [-0.2, 0) is 5.16 Å². The Hall–Kier alpha value is -1.82. The van der Waals surface area contributed by atoms with E-state index in [2.05, 4.69) is 69.9 Å². The molecule has 1 atom stereocenters. The maximum absolute atomic E-state index is 6.18. The molecule has 0 aliphatic rings. The molecular formula is C25H18Cl3P. The first-order valence-electron chi connectivity index (χ1n) is 9.15. The van der Waals surface area contributed by atoms with Gasteiger partial charge in [0.2, 0.25) is 0 Å². The largest absolute Gasteiger partial charge is 0.117 e. The van der Waals surface area contributed by atoms with Crippen molar-refractivity contribution in [2.75, 3.05) is 0 Å². The molecule has 1 unspecified atom stereocenters. The minimum absolute atomic E-state index is 0.481. The second-order valence-corrected chi connectivity index (χ2v) is 9.05. The van der Waals surface area contributed by atoms with Gasteiger partial charge >= 0.3 is 0 Å². The third-order valence-electron chi connectivity index (χ3n) is 5.11. The third kappa shape index (κ3) is 4.09. The van der Waals surface area contributed by atoms with Gasteiger partial charge in [0, 0.05) is 15.1 Å². The Morgan fingerprint density at radius 1 is 0.517 bits per heavy atom. The molecule has 4 heteroatoms. The molecule has 0 amide bonds. The molecule has 0 aliphatic heterocycles. The number of hydrogen-bond acceptors (Lipinski definition) is 0. The molecule has 4 aromatic carbocycles. The van der Waals surface area contributed by atoms with Gasteiger partial charge in [0.25, 0.3) is 0 Å². The van der Waals surface area contributed by atoms with E-state index in [1.807, 2.05) is 36.4 Å². The van der Waals surface area contributed by atoms with Crippen molar-refractivity contribution >= 4 is 44.0 Å². The molecule has 0 N–H and O–H groups in total. The lowest BCUT2D eigenvalue weighted by atomic mass is 9.80. The van der Waals surface area contributed by atoms with Gasteiger partial charge in [-0.3, -0.25) is 0 Å². The van der Waals surface area contributed by atoms with Crippen LogP contribution in [0.15, 0.2) is 97.1 Å². The Bertz CT molecular complexity index is 1070. The maximum Gasteiger partial charge on any atom is 0.0597 e. The summed E-state index contributed by atoms with van der Waals surface area (Å²) in [6, 6.07) is 32.4. The van der Waals surface area contributed by atoms with Crippen molar-refractivity contribution < 1.29 is 0 Å². The minimum Gasteiger partial charge on any atom is -0.117 e. The zero-order valence-electron chi connectivity index (χ0n) is 15.4. The van der Waals surface area contributed by atoms with Crippen LogP contribution in [0.25, 0.3) is 11.1 Å². The van der Waals surface area contributed by atoms with Gasteiger partial charge in [-0.2, -0.15) is 0 Å². The van der Waals surface area contributed by atoms with Gasteiger partial charge in [-0.1, -0.05) is 95.5 Å². The molecule has 29 heavy (non-hydrogen) atoms. The van der Waals surface area contributed by atoms with Crippen molar-refractivity contribution in [3.8, 4) is 11.1 Å². The fourth-order valence-electron chi connectivity index (χ4n) is 3.61. The van der Waals surface area contributed by atoms with E-state index in [0.717, 1.165) is 32.8 Å². The lowest BCUT2D eigenvalue weighted by molar-refractivity contribution is 0.899. The molecule has 0 radical (unpaired) electrons. The van der Waals surface area contributed by atoms with E-state index in [4.69, 9.17) is 34.8 Å². The average Bonchev–Trinajstić information content (AvgIpc) is 2.75. The Balaban J connectivity index is 1.99. The quantitative estimate of drug-likeness (QED) is 0.214. The van der Waals surface area contributed by atoms with Crippen molar-refractivity contribution in [2.45, 2.75) is 5.16 Å². The number of rotatable bonds is 4. The summed E-state index contributed by atoms with van der Waals surface area (Å²) in [7, 11) is 3.07. The molecule has 0 spiro atoms. The summed E-state index contributed by atoms with van der Waals surface area (Å²) >= 11 is 18.5. The van der Waals surface area contributed by atoms with Gasteiger partial charge in [-0.05, 0) is 64.2 Å². The molecule has 0 heterocycles. The third-order valence-corrected chi connectivity index (χ3v) is 6.84. The number of benzene rings is 4. The number of halogens is 3. The predicted molar refractivity (Wildman–Crippen MR) is 129 cm³/mol. The van der Waals surface area contributed by atoms with Crippen LogP contribution in [0.1, 0.15) is 16.7 Å². The lowest BCUT2D eigenvalue weighted by Gasteiger charge is -2.33. The molecule has 0 aromatic heterocycles. The van der Waals surface area contributed by atoms with E-state index in [0.29, 0.717) is 10.0 Å². The molecule has 0 fully saturated rings. The van der Waals surface area contributed by atoms with Crippen molar-refractivity contribution in [1.82, 2.24) is 0 Å². The van der Waals surface area contributed by atoms with E-state index < -0.39 is 5.16 Å². The molecule has 0 saturated heterocycles.